The Balaban J connectivity index is 1.72. The van der Waals surface area contributed by atoms with Crippen LogP contribution in [0.2, 0.25) is 0 Å². The molecule has 0 aromatic rings. The minimum Gasteiger partial charge on any atom is -0.308 e. The molecule has 1 atom stereocenters. The first-order valence-electron chi connectivity index (χ1n) is 8.66. The van der Waals surface area contributed by atoms with Crippen molar-refractivity contribution in [1.29, 1.82) is 0 Å². The van der Waals surface area contributed by atoms with Gasteiger partial charge in [0, 0.05) is 30.7 Å². The molecule has 1 saturated heterocycles. The van der Waals surface area contributed by atoms with E-state index in [9.17, 15) is 0 Å². The van der Waals surface area contributed by atoms with Gasteiger partial charge in [0.2, 0.25) is 0 Å². The number of hydrogen-bond donors (Lipinski definition) is 1. The summed E-state index contributed by atoms with van der Waals surface area (Å²) in [5, 5.41) is 3.89. The number of hydrogen-bond acceptors (Lipinski definition) is 2. The predicted octanol–water partition coefficient (Wildman–Crippen LogP) is 3.56. The molecule has 0 aromatic heterocycles. The number of nitrogens with zero attached hydrogens (tertiary/aromatic N) is 1. The first-order chi connectivity index (χ1) is 9.16. The van der Waals surface area contributed by atoms with Gasteiger partial charge in [0.05, 0.1) is 0 Å². The Kier molecular flexibility index (Phi) is 3.92. The van der Waals surface area contributed by atoms with E-state index in [1.807, 2.05) is 0 Å². The van der Waals surface area contributed by atoms with Crippen LogP contribution in [-0.2, 0) is 0 Å². The molecule has 3 rings (SSSR count). The van der Waals surface area contributed by atoms with Crippen LogP contribution in [0.4, 0.5) is 0 Å². The SMILES string of the molecule is CCC1(C)CN(CC2CCCC2)C2(CCCC2)CN1. The second-order valence-corrected chi connectivity index (χ2v) is 7.73. The molecular weight excluding hydrogens is 232 g/mol. The van der Waals surface area contributed by atoms with E-state index < -0.39 is 0 Å². The summed E-state index contributed by atoms with van der Waals surface area (Å²) in [6, 6.07) is 0. The Bertz CT molecular complexity index is 302. The van der Waals surface area contributed by atoms with Crippen molar-refractivity contribution in [1.82, 2.24) is 10.2 Å². The highest BCUT2D eigenvalue weighted by Crippen LogP contribution is 2.40. The van der Waals surface area contributed by atoms with Crippen LogP contribution in [0.3, 0.4) is 0 Å². The molecule has 110 valence electrons. The lowest BCUT2D eigenvalue weighted by Crippen LogP contribution is -2.68. The first kappa shape index (κ1) is 13.9. The van der Waals surface area contributed by atoms with Gasteiger partial charge in [-0.1, -0.05) is 32.6 Å². The number of nitrogens with one attached hydrogen (secondary N) is 1. The molecule has 1 unspecified atom stereocenters. The molecule has 2 aliphatic carbocycles. The van der Waals surface area contributed by atoms with Gasteiger partial charge in [-0.2, -0.15) is 0 Å². The third-order valence-electron chi connectivity index (χ3n) is 6.32. The van der Waals surface area contributed by atoms with Crippen LogP contribution < -0.4 is 5.32 Å². The van der Waals surface area contributed by atoms with Crippen LogP contribution in [0.25, 0.3) is 0 Å². The minimum absolute atomic E-state index is 0.354. The lowest BCUT2D eigenvalue weighted by Gasteiger charge is -2.53. The van der Waals surface area contributed by atoms with Gasteiger partial charge >= 0.3 is 0 Å². The smallest absolute Gasteiger partial charge is 0.0335 e. The molecule has 3 aliphatic rings. The van der Waals surface area contributed by atoms with E-state index in [4.69, 9.17) is 0 Å². The third kappa shape index (κ3) is 2.71. The van der Waals surface area contributed by atoms with Crippen LogP contribution >= 0.6 is 0 Å². The lowest BCUT2D eigenvalue weighted by molar-refractivity contribution is 0.00118. The highest BCUT2D eigenvalue weighted by Gasteiger charge is 2.46. The normalized spacial score (nSPS) is 36.3. The molecule has 2 saturated carbocycles. The Labute approximate surface area is 119 Å². The van der Waals surface area contributed by atoms with Gasteiger partial charge in [0.1, 0.15) is 0 Å². The summed E-state index contributed by atoms with van der Waals surface area (Å²) in [6.07, 6.45) is 13.0. The second kappa shape index (κ2) is 5.37. The van der Waals surface area contributed by atoms with Crippen molar-refractivity contribution in [2.75, 3.05) is 19.6 Å². The van der Waals surface area contributed by atoms with E-state index in [2.05, 4.69) is 24.1 Å². The van der Waals surface area contributed by atoms with Crippen molar-refractivity contribution in [3.05, 3.63) is 0 Å². The van der Waals surface area contributed by atoms with Crippen molar-refractivity contribution in [2.45, 2.75) is 82.7 Å². The fourth-order valence-electron chi connectivity index (χ4n) is 4.66. The average molecular weight is 264 g/mol. The molecular formula is C17H32N2. The Morgan fingerprint density at radius 2 is 1.79 bits per heavy atom. The molecule has 0 aromatic carbocycles. The van der Waals surface area contributed by atoms with Gasteiger partial charge < -0.3 is 5.32 Å². The van der Waals surface area contributed by atoms with E-state index in [1.165, 1.54) is 77.4 Å². The van der Waals surface area contributed by atoms with Crippen LogP contribution in [0.15, 0.2) is 0 Å². The fourth-order valence-corrected chi connectivity index (χ4v) is 4.66. The first-order valence-corrected chi connectivity index (χ1v) is 8.66. The zero-order valence-corrected chi connectivity index (χ0v) is 13.0. The third-order valence-corrected chi connectivity index (χ3v) is 6.32. The average Bonchev–Trinajstić information content (AvgIpc) is 3.07. The van der Waals surface area contributed by atoms with E-state index in [0.29, 0.717) is 11.1 Å². The summed E-state index contributed by atoms with van der Waals surface area (Å²) in [5.74, 6) is 0.997. The van der Waals surface area contributed by atoms with Crippen LogP contribution in [0.5, 0.6) is 0 Å². The maximum Gasteiger partial charge on any atom is 0.0335 e. The van der Waals surface area contributed by atoms with Gasteiger partial charge in [0.25, 0.3) is 0 Å². The molecule has 1 heterocycles. The number of piperazine rings is 1. The Hall–Kier alpha value is -0.0800. The van der Waals surface area contributed by atoms with Crippen molar-refractivity contribution >= 4 is 0 Å². The van der Waals surface area contributed by atoms with E-state index >= 15 is 0 Å². The summed E-state index contributed by atoms with van der Waals surface area (Å²) in [4.78, 5) is 2.93. The van der Waals surface area contributed by atoms with Crippen LogP contribution in [0.1, 0.15) is 71.6 Å². The van der Waals surface area contributed by atoms with Gasteiger partial charge in [-0.25, -0.2) is 0 Å². The van der Waals surface area contributed by atoms with Crippen LogP contribution in [0, 0.1) is 5.92 Å². The monoisotopic (exact) mass is 264 g/mol. The van der Waals surface area contributed by atoms with Crippen molar-refractivity contribution in [3.8, 4) is 0 Å². The van der Waals surface area contributed by atoms with Gasteiger partial charge in [-0.05, 0) is 44.9 Å². The zero-order chi connectivity index (χ0) is 13.3. The number of rotatable bonds is 3. The molecule has 1 spiro atoms. The summed E-state index contributed by atoms with van der Waals surface area (Å²) in [5.41, 5.74) is 0.879. The molecule has 1 N–H and O–H groups in total. The summed E-state index contributed by atoms with van der Waals surface area (Å²) in [6.45, 7) is 8.67. The lowest BCUT2D eigenvalue weighted by atomic mass is 9.84. The Morgan fingerprint density at radius 3 is 2.42 bits per heavy atom. The molecule has 0 radical (unpaired) electrons. The minimum atomic E-state index is 0.354. The molecule has 0 amide bonds. The molecule has 0 bridgehead atoms. The predicted molar refractivity (Wildman–Crippen MR) is 81.4 cm³/mol. The zero-order valence-electron chi connectivity index (χ0n) is 13.0. The molecule has 3 fully saturated rings. The van der Waals surface area contributed by atoms with E-state index in [-0.39, 0.29) is 0 Å². The second-order valence-electron chi connectivity index (χ2n) is 7.73. The fraction of sp³-hybridized carbons (Fsp3) is 1.00. The van der Waals surface area contributed by atoms with Crippen molar-refractivity contribution < 1.29 is 0 Å². The molecule has 2 nitrogen and oxygen atoms in total. The molecule has 2 heteroatoms. The summed E-state index contributed by atoms with van der Waals surface area (Å²) >= 11 is 0. The van der Waals surface area contributed by atoms with E-state index in [1.54, 1.807) is 0 Å². The van der Waals surface area contributed by atoms with E-state index in [0.717, 1.165) is 5.92 Å². The van der Waals surface area contributed by atoms with Gasteiger partial charge in [0.15, 0.2) is 0 Å². The standard InChI is InChI=1S/C17H32N2/c1-3-16(2)14-19(12-15-8-4-5-9-15)17(13-18-16)10-6-7-11-17/h15,18H,3-14H2,1-2H3. The van der Waals surface area contributed by atoms with Gasteiger partial charge in [-0.3, -0.25) is 4.90 Å². The summed E-state index contributed by atoms with van der Waals surface area (Å²) < 4.78 is 0. The largest absolute Gasteiger partial charge is 0.308 e. The Morgan fingerprint density at radius 1 is 1.11 bits per heavy atom. The topological polar surface area (TPSA) is 15.3 Å². The maximum absolute atomic E-state index is 3.89. The molecule has 1 aliphatic heterocycles. The summed E-state index contributed by atoms with van der Waals surface area (Å²) in [7, 11) is 0. The van der Waals surface area contributed by atoms with Gasteiger partial charge in [-0.15, -0.1) is 0 Å². The highest BCUT2D eigenvalue weighted by atomic mass is 15.3. The van der Waals surface area contributed by atoms with Crippen molar-refractivity contribution in [3.63, 3.8) is 0 Å². The molecule has 19 heavy (non-hydrogen) atoms. The quantitative estimate of drug-likeness (QED) is 0.838. The van der Waals surface area contributed by atoms with Crippen molar-refractivity contribution in [2.24, 2.45) is 5.92 Å². The maximum atomic E-state index is 3.89. The highest BCUT2D eigenvalue weighted by molar-refractivity contribution is 5.05. The van der Waals surface area contributed by atoms with Crippen LogP contribution in [-0.4, -0.2) is 35.6 Å².